The van der Waals surface area contributed by atoms with Crippen LogP contribution in [-0.2, 0) is 19.1 Å². The fourth-order valence-electron chi connectivity index (χ4n) is 1.38. The highest BCUT2D eigenvalue weighted by Gasteiger charge is 2.26. The highest BCUT2D eigenvalue weighted by atomic mass is 16.6. The summed E-state index contributed by atoms with van der Waals surface area (Å²) >= 11 is 0. The Morgan fingerprint density at radius 2 is 1.85 bits per heavy atom. The molecule has 0 aliphatic rings. The quantitative estimate of drug-likeness (QED) is 0.584. The normalized spacial score (nSPS) is 14.2. The number of carboxylic acids is 1. The minimum absolute atomic E-state index is 0.121. The number of ether oxygens (including phenoxy) is 1. The molecule has 0 saturated carbocycles. The molecule has 0 fully saturated rings. The molecule has 0 aromatic rings. The summed E-state index contributed by atoms with van der Waals surface area (Å²) in [4.78, 5) is 34.1. The lowest BCUT2D eigenvalue weighted by molar-refractivity contribution is -0.158. The Morgan fingerprint density at radius 3 is 2.25 bits per heavy atom. The SMILES string of the molecule is CC(N)CCC(=O)N[C@@H](CC(=O)OC(C)(C)C)C(=O)O. The first kappa shape index (κ1) is 18.4. The fourth-order valence-corrected chi connectivity index (χ4v) is 1.38. The van der Waals surface area contributed by atoms with Crippen LogP contribution in [0.3, 0.4) is 0 Å². The van der Waals surface area contributed by atoms with Gasteiger partial charge in [-0.3, -0.25) is 9.59 Å². The van der Waals surface area contributed by atoms with E-state index in [1.54, 1.807) is 27.7 Å². The van der Waals surface area contributed by atoms with Crippen LogP contribution in [0.2, 0.25) is 0 Å². The van der Waals surface area contributed by atoms with Crippen molar-refractivity contribution in [2.45, 2.75) is 64.6 Å². The summed E-state index contributed by atoms with van der Waals surface area (Å²) in [6.45, 7) is 6.80. The van der Waals surface area contributed by atoms with Gasteiger partial charge in [0, 0.05) is 12.5 Å². The molecule has 116 valence electrons. The number of hydrogen-bond donors (Lipinski definition) is 3. The summed E-state index contributed by atoms with van der Waals surface area (Å²) in [7, 11) is 0. The topological polar surface area (TPSA) is 119 Å². The lowest BCUT2D eigenvalue weighted by atomic mass is 10.1. The molecule has 1 unspecified atom stereocenters. The Hall–Kier alpha value is -1.63. The lowest BCUT2D eigenvalue weighted by Crippen LogP contribution is -2.43. The molecule has 0 saturated heterocycles. The largest absolute Gasteiger partial charge is 0.480 e. The standard InChI is InChI=1S/C13H24N2O5/c1-8(14)5-6-10(16)15-9(12(18)19)7-11(17)20-13(2,3)4/h8-9H,5-7,14H2,1-4H3,(H,15,16)(H,18,19)/t8?,9-/m0/s1. The number of nitrogens with two attached hydrogens (primary N) is 1. The molecule has 20 heavy (non-hydrogen) atoms. The van der Waals surface area contributed by atoms with Crippen molar-refractivity contribution < 1.29 is 24.2 Å². The first-order valence-corrected chi connectivity index (χ1v) is 6.51. The maximum absolute atomic E-state index is 11.6. The summed E-state index contributed by atoms with van der Waals surface area (Å²) in [5.41, 5.74) is 4.82. The van der Waals surface area contributed by atoms with Gasteiger partial charge in [0.05, 0.1) is 6.42 Å². The molecule has 0 spiro atoms. The number of nitrogens with one attached hydrogen (secondary N) is 1. The predicted molar refractivity (Wildman–Crippen MR) is 72.9 cm³/mol. The Bertz CT molecular complexity index is 360. The van der Waals surface area contributed by atoms with Crippen molar-refractivity contribution in [3.63, 3.8) is 0 Å². The zero-order valence-electron chi connectivity index (χ0n) is 12.4. The molecular formula is C13H24N2O5. The van der Waals surface area contributed by atoms with Gasteiger partial charge in [-0.2, -0.15) is 0 Å². The van der Waals surface area contributed by atoms with Gasteiger partial charge in [-0.25, -0.2) is 4.79 Å². The molecule has 0 heterocycles. The number of hydrogen-bond acceptors (Lipinski definition) is 5. The van der Waals surface area contributed by atoms with Gasteiger partial charge in [0.25, 0.3) is 0 Å². The third-order valence-electron chi connectivity index (χ3n) is 2.25. The van der Waals surface area contributed by atoms with Crippen LogP contribution in [-0.4, -0.2) is 40.6 Å². The van der Waals surface area contributed by atoms with Gasteiger partial charge >= 0.3 is 11.9 Å². The first-order valence-electron chi connectivity index (χ1n) is 6.51. The van der Waals surface area contributed by atoms with Gasteiger partial charge in [0.1, 0.15) is 11.6 Å². The minimum Gasteiger partial charge on any atom is -0.480 e. The molecule has 7 nitrogen and oxygen atoms in total. The summed E-state index contributed by atoms with van der Waals surface area (Å²) in [5, 5.41) is 11.3. The van der Waals surface area contributed by atoms with E-state index in [0.717, 1.165) is 0 Å². The number of carbonyl (C=O) groups excluding carboxylic acids is 2. The number of rotatable bonds is 7. The van der Waals surface area contributed by atoms with E-state index in [4.69, 9.17) is 15.6 Å². The summed E-state index contributed by atoms with van der Waals surface area (Å²) in [6.07, 6.45) is 0.164. The van der Waals surface area contributed by atoms with E-state index >= 15 is 0 Å². The summed E-state index contributed by atoms with van der Waals surface area (Å²) < 4.78 is 5.02. The van der Waals surface area contributed by atoms with Crippen LogP contribution in [0.15, 0.2) is 0 Å². The fraction of sp³-hybridized carbons (Fsp3) is 0.769. The molecule has 4 N–H and O–H groups in total. The van der Waals surface area contributed by atoms with Crippen molar-refractivity contribution in [1.29, 1.82) is 0 Å². The summed E-state index contributed by atoms with van der Waals surface area (Å²) in [6, 6.07) is -1.43. The van der Waals surface area contributed by atoms with Gasteiger partial charge in [-0.05, 0) is 34.1 Å². The van der Waals surface area contributed by atoms with Crippen LogP contribution < -0.4 is 11.1 Å². The van der Waals surface area contributed by atoms with Crippen molar-refractivity contribution in [3.8, 4) is 0 Å². The lowest BCUT2D eigenvalue weighted by Gasteiger charge is -2.21. The van der Waals surface area contributed by atoms with Gasteiger partial charge < -0.3 is 20.9 Å². The van der Waals surface area contributed by atoms with E-state index in [1.807, 2.05) is 0 Å². The molecule has 0 bridgehead atoms. The van der Waals surface area contributed by atoms with Gasteiger partial charge in [0.2, 0.25) is 5.91 Å². The molecule has 2 atom stereocenters. The highest BCUT2D eigenvalue weighted by Crippen LogP contribution is 2.09. The summed E-state index contributed by atoms with van der Waals surface area (Å²) in [5.74, 6) is -2.39. The molecule has 0 radical (unpaired) electrons. The monoisotopic (exact) mass is 288 g/mol. The zero-order valence-corrected chi connectivity index (χ0v) is 12.4. The average molecular weight is 288 g/mol. The van der Waals surface area contributed by atoms with Crippen LogP contribution >= 0.6 is 0 Å². The third kappa shape index (κ3) is 9.32. The Labute approximate surface area is 118 Å². The van der Waals surface area contributed by atoms with Crippen LogP contribution in [0, 0.1) is 0 Å². The van der Waals surface area contributed by atoms with Crippen molar-refractivity contribution in [1.82, 2.24) is 5.32 Å². The Morgan fingerprint density at radius 1 is 1.30 bits per heavy atom. The van der Waals surface area contributed by atoms with E-state index in [0.29, 0.717) is 6.42 Å². The van der Waals surface area contributed by atoms with E-state index in [9.17, 15) is 14.4 Å². The molecular weight excluding hydrogens is 264 g/mol. The van der Waals surface area contributed by atoms with Crippen LogP contribution in [0.1, 0.15) is 47.0 Å². The van der Waals surface area contributed by atoms with Crippen molar-refractivity contribution >= 4 is 17.8 Å². The van der Waals surface area contributed by atoms with Crippen molar-refractivity contribution in [2.75, 3.05) is 0 Å². The molecule has 1 amide bonds. The highest BCUT2D eigenvalue weighted by molar-refractivity contribution is 5.87. The van der Waals surface area contributed by atoms with E-state index < -0.39 is 35.9 Å². The third-order valence-corrected chi connectivity index (χ3v) is 2.25. The zero-order chi connectivity index (χ0) is 15.9. The van der Waals surface area contributed by atoms with Crippen molar-refractivity contribution in [2.24, 2.45) is 5.73 Å². The minimum atomic E-state index is -1.29. The van der Waals surface area contributed by atoms with Crippen molar-refractivity contribution in [3.05, 3.63) is 0 Å². The Balaban J connectivity index is 4.41. The number of carbonyl (C=O) groups is 3. The second-order valence-electron chi connectivity index (χ2n) is 5.76. The number of aliphatic carboxylic acids is 1. The van der Waals surface area contributed by atoms with Gasteiger partial charge in [0.15, 0.2) is 0 Å². The second-order valence-corrected chi connectivity index (χ2v) is 5.76. The molecule has 0 rings (SSSR count). The molecule has 0 aromatic carbocycles. The number of esters is 1. The van der Waals surface area contributed by atoms with E-state index in [2.05, 4.69) is 5.32 Å². The molecule has 7 heteroatoms. The Kier molecular flexibility index (Phi) is 7.20. The van der Waals surface area contributed by atoms with E-state index in [-0.39, 0.29) is 12.5 Å². The molecule has 0 aliphatic carbocycles. The number of amides is 1. The van der Waals surface area contributed by atoms with E-state index in [1.165, 1.54) is 0 Å². The average Bonchev–Trinajstić information content (AvgIpc) is 2.22. The molecule has 0 aromatic heterocycles. The maximum atomic E-state index is 11.6. The van der Waals surface area contributed by atoms with Crippen LogP contribution in [0.5, 0.6) is 0 Å². The van der Waals surface area contributed by atoms with Gasteiger partial charge in [-0.1, -0.05) is 0 Å². The maximum Gasteiger partial charge on any atom is 0.326 e. The van der Waals surface area contributed by atoms with Gasteiger partial charge in [-0.15, -0.1) is 0 Å². The number of carboxylic acid groups (broad SMARTS) is 1. The first-order chi connectivity index (χ1) is 9.01. The van der Waals surface area contributed by atoms with Crippen LogP contribution in [0.25, 0.3) is 0 Å². The smallest absolute Gasteiger partial charge is 0.326 e. The molecule has 0 aliphatic heterocycles. The van der Waals surface area contributed by atoms with Crippen LogP contribution in [0.4, 0.5) is 0 Å². The predicted octanol–water partition coefficient (Wildman–Crippen LogP) is 0.415. The second kappa shape index (κ2) is 7.84.